The number of alkyl halides is 3. The maximum Gasteiger partial charge on any atom is 0.416 e. The van der Waals surface area contributed by atoms with Gasteiger partial charge in [-0.15, -0.1) is 0 Å². The number of carbonyl (C=O) groups is 1. The fraction of sp³-hybridized carbons (Fsp3) is 0.462. The molecule has 0 radical (unpaired) electrons. The Labute approximate surface area is 112 Å². The number of aliphatic carboxylic acids is 1. The molecule has 1 fully saturated rings. The molecule has 1 saturated carbocycles. The minimum Gasteiger partial charge on any atom is -0.481 e. The van der Waals surface area contributed by atoms with Gasteiger partial charge in [-0.3, -0.25) is 4.79 Å². The van der Waals surface area contributed by atoms with Crippen molar-refractivity contribution in [1.82, 2.24) is 0 Å². The first kappa shape index (κ1) is 14.6. The Morgan fingerprint density at radius 2 is 2.00 bits per heavy atom. The Bertz CT molecular complexity index is 516. The van der Waals surface area contributed by atoms with Gasteiger partial charge in [0.05, 0.1) is 17.2 Å². The van der Waals surface area contributed by atoms with E-state index in [0.29, 0.717) is 25.3 Å². The second-order valence-electron chi connectivity index (χ2n) is 4.88. The number of rotatable bonds is 3. The van der Waals surface area contributed by atoms with Crippen molar-refractivity contribution in [2.75, 3.05) is 5.32 Å². The SMILES string of the molecule is O=C(O)[C@@H]1CC[C@H](Nc2ccc(C(F)(F)F)cc2F)C1. The van der Waals surface area contributed by atoms with Gasteiger partial charge in [0.1, 0.15) is 5.82 Å². The number of benzene rings is 1. The molecule has 0 aliphatic heterocycles. The molecule has 1 aromatic carbocycles. The van der Waals surface area contributed by atoms with Crippen molar-refractivity contribution in [2.24, 2.45) is 5.92 Å². The van der Waals surface area contributed by atoms with E-state index in [-0.39, 0.29) is 11.7 Å². The smallest absolute Gasteiger partial charge is 0.416 e. The quantitative estimate of drug-likeness (QED) is 0.838. The van der Waals surface area contributed by atoms with Crippen LogP contribution in [0.15, 0.2) is 18.2 Å². The van der Waals surface area contributed by atoms with Crippen LogP contribution in [0.4, 0.5) is 23.2 Å². The molecule has 2 N–H and O–H groups in total. The van der Waals surface area contributed by atoms with Gasteiger partial charge in [-0.05, 0) is 37.5 Å². The van der Waals surface area contributed by atoms with Crippen LogP contribution in [-0.4, -0.2) is 17.1 Å². The van der Waals surface area contributed by atoms with Crippen LogP contribution in [0.1, 0.15) is 24.8 Å². The third-order valence-corrected chi connectivity index (χ3v) is 3.44. The van der Waals surface area contributed by atoms with Gasteiger partial charge in [-0.25, -0.2) is 4.39 Å². The fourth-order valence-corrected chi connectivity index (χ4v) is 2.37. The molecule has 0 amide bonds. The molecule has 1 aliphatic rings. The number of anilines is 1. The average molecular weight is 291 g/mol. The van der Waals surface area contributed by atoms with Gasteiger partial charge in [-0.2, -0.15) is 13.2 Å². The van der Waals surface area contributed by atoms with Crippen molar-refractivity contribution in [2.45, 2.75) is 31.5 Å². The maximum absolute atomic E-state index is 13.6. The summed E-state index contributed by atoms with van der Waals surface area (Å²) in [4.78, 5) is 10.8. The third kappa shape index (κ3) is 3.20. The van der Waals surface area contributed by atoms with Crippen molar-refractivity contribution < 1.29 is 27.5 Å². The van der Waals surface area contributed by atoms with Crippen molar-refractivity contribution in [1.29, 1.82) is 0 Å². The molecular weight excluding hydrogens is 278 g/mol. The lowest BCUT2D eigenvalue weighted by Crippen LogP contribution is -2.19. The van der Waals surface area contributed by atoms with Crippen LogP contribution >= 0.6 is 0 Å². The summed E-state index contributed by atoms with van der Waals surface area (Å²) in [5.41, 5.74) is -1.08. The van der Waals surface area contributed by atoms with Crippen LogP contribution in [0, 0.1) is 11.7 Å². The lowest BCUT2D eigenvalue weighted by molar-refractivity contribution is -0.141. The second-order valence-corrected chi connectivity index (χ2v) is 4.88. The number of hydrogen-bond acceptors (Lipinski definition) is 2. The van der Waals surface area contributed by atoms with Crippen LogP contribution < -0.4 is 5.32 Å². The van der Waals surface area contributed by atoms with Gasteiger partial charge < -0.3 is 10.4 Å². The van der Waals surface area contributed by atoms with E-state index >= 15 is 0 Å². The Hall–Kier alpha value is -1.79. The Kier molecular flexibility index (Phi) is 3.87. The maximum atomic E-state index is 13.6. The molecule has 20 heavy (non-hydrogen) atoms. The molecule has 2 atom stereocenters. The summed E-state index contributed by atoms with van der Waals surface area (Å²) >= 11 is 0. The predicted molar refractivity (Wildman–Crippen MR) is 63.8 cm³/mol. The molecule has 3 nitrogen and oxygen atoms in total. The van der Waals surface area contributed by atoms with E-state index in [4.69, 9.17) is 5.11 Å². The van der Waals surface area contributed by atoms with E-state index in [9.17, 15) is 22.4 Å². The summed E-state index contributed by atoms with van der Waals surface area (Å²) < 4.78 is 50.8. The van der Waals surface area contributed by atoms with Crippen molar-refractivity contribution in [3.63, 3.8) is 0 Å². The zero-order chi connectivity index (χ0) is 14.9. The van der Waals surface area contributed by atoms with E-state index in [1.807, 2.05) is 0 Å². The number of hydrogen-bond donors (Lipinski definition) is 2. The summed E-state index contributed by atoms with van der Waals surface area (Å²) in [5, 5.41) is 11.6. The minimum atomic E-state index is -4.58. The highest BCUT2D eigenvalue weighted by molar-refractivity contribution is 5.70. The Morgan fingerprint density at radius 1 is 1.30 bits per heavy atom. The van der Waals surface area contributed by atoms with E-state index in [2.05, 4.69) is 5.32 Å². The highest BCUT2D eigenvalue weighted by atomic mass is 19.4. The third-order valence-electron chi connectivity index (χ3n) is 3.44. The zero-order valence-corrected chi connectivity index (χ0v) is 10.4. The first-order valence-corrected chi connectivity index (χ1v) is 6.13. The van der Waals surface area contributed by atoms with Gasteiger partial charge in [-0.1, -0.05) is 0 Å². The summed E-state index contributed by atoms with van der Waals surface area (Å²) in [6, 6.07) is 2.04. The van der Waals surface area contributed by atoms with Crippen LogP contribution in [-0.2, 0) is 11.0 Å². The molecule has 7 heteroatoms. The monoisotopic (exact) mass is 291 g/mol. The van der Waals surface area contributed by atoms with Gasteiger partial charge in [0, 0.05) is 6.04 Å². The standard InChI is InChI=1S/C13H13F4NO2/c14-10-6-8(13(15,16)17)2-4-11(10)18-9-3-1-7(5-9)12(19)20/h2,4,6-7,9,18H,1,3,5H2,(H,19,20)/t7-,9+/m1/s1. The van der Waals surface area contributed by atoms with E-state index < -0.39 is 29.4 Å². The fourth-order valence-electron chi connectivity index (χ4n) is 2.37. The summed E-state index contributed by atoms with van der Waals surface area (Å²) in [6.07, 6.45) is -3.20. The number of halogens is 4. The van der Waals surface area contributed by atoms with E-state index in [1.54, 1.807) is 0 Å². The molecule has 0 spiro atoms. The second kappa shape index (κ2) is 5.30. The zero-order valence-electron chi connectivity index (χ0n) is 10.4. The summed E-state index contributed by atoms with van der Waals surface area (Å²) in [7, 11) is 0. The highest BCUT2D eigenvalue weighted by Gasteiger charge is 2.32. The minimum absolute atomic E-state index is 0.0333. The van der Waals surface area contributed by atoms with Gasteiger partial charge in [0.25, 0.3) is 0 Å². The lowest BCUT2D eigenvalue weighted by Gasteiger charge is -2.15. The first-order chi connectivity index (χ1) is 9.27. The molecule has 0 saturated heterocycles. The first-order valence-electron chi connectivity index (χ1n) is 6.13. The summed E-state index contributed by atoms with van der Waals surface area (Å²) in [5.74, 6) is -2.37. The number of nitrogens with one attached hydrogen (secondary N) is 1. The molecular formula is C13H13F4NO2. The molecule has 1 aliphatic carbocycles. The van der Waals surface area contributed by atoms with Crippen LogP contribution in [0.2, 0.25) is 0 Å². The Balaban J connectivity index is 2.06. The van der Waals surface area contributed by atoms with Gasteiger partial charge in [0.15, 0.2) is 0 Å². The van der Waals surface area contributed by atoms with Crippen molar-refractivity contribution in [3.05, 3.63) is 29.6 Å². The molecule has 0 aromatic heterocycles. The summed E-state index contributed by atoms with van der Waals surface area (Å²) in [6.45, 7) is 0. The molecule has 1 aromatic rings. The average Bonchev–Trinajstić information content (AvgIpc) is 2.79. The van der Waals surface area contributed by atoms with Gasteiger partial charge in [0.2, 0.25) is 0 Å². The largest absolute Gasteiger partial charge is 0.481 e. The number of carboxylic acids is 1. The molecule has 0 unspecified atom stereocenters. The van der Waals surface area contributed by atoms with E-state index in [1.165, 1.54) is 0 Å². The lowest BCUT2D eigenvalue weighted by atomic mass is 10.1. The normalized spacial score (nSPS) is 22.8. The van der Waals surface area contributed by atoms with Gasteiger partial charge >= 0.3 is 12.1 Å². The topological polar surface area (TPSA) is 49.3 Å². The van der Waals surface area contributed by atoms with Crippen molar-refractivity contribution in [3.8, 4) is 0 Å². The number of carboxylic acid groups (broad SMARTS) is 1. The predicted octanol–water partition coefficient (Wildman–Crippen LogP) is 3.51. The highest BCUT2D eigenvalue weighted by Crippen LogP contribution is 2.33. The van der Waals surface area contributed by atoms with Crippen LogP contribution in [0.25, 0.3) is 0 Å². The Morgan fingerprint density at radius 3 is 2.50 bits per heavy atom. The van der Waals surface area contributed by atoms with Crippen LogP contribution in [0.5, 0.6) is 0 Å². The van der Waals surface area contributed by atoms with Crippen LogP contribution in [0.3, 0.4) is 0 Å². The molecule has 110 valence electrons. The van der Waals surface area contributed by atoms with Crippen molar-refractivity contribution >= 4 is 11.7 Å². The molecule has 0 bridgehead atoms. The molecule has 2 rings (SSSR count). The van der Waals surface area contributed by atoms with E-state index in [0.717, 1.165) is 12.1 Å². The molecule has 0 heterocycles.